The molecule has 0 heterocycles. The van der Waals surface area contributed by atoms with Crippen LogP contribution in [0.15, 0.2) is 29.2 Å². The Morgan fingerprint density at radius 2 is 2.05 bits per heavy atom. The third kappa shape index (κ3) is 2.60. The minimum Gasteiger partial charge on any atom is -0.393 e. The van der Waals surface area contributed by atoms with E-state index >= 15 is 0 Å². The van der Waals surface area contributed by atoms with Crippen LogP contribution in [0.2, 0.25) is 0 Å². The summed E-state index contributed by atoms with van der Waals surface area (Å²) < 4.78 is 30.6. The molecule has 6 heteroatoms. The molecule has 1 saturated carbocycles. The molecule has 0 aromatic heterocycles. The molecule has 2 atom stereocenters. The zero-order valence-electron chi connectivity index (χ0n) is 11.6. The van der Waals surface area contributed by atoms with Crippen LogP contribution < -0.4 is 5.73 Å². The molecule has 1 aliphatic rings. The van der Waals surface area contributed by atoms with Crippen LogP contribution in [0.5, 0.6) is 0 Å². The first-order valence-corrected chi connectivity index (χ1v) is 8.48. The lowest BCUT2D eigenvalue weighted by molar-refractivity contribution is 0.123. The molecule has 4 nitrogen and oxygen atoms in total. The van der Waals surface area contributed by atoms with Crippen molar-refractivity contribution in [1.29, 1.82) is 0 Å². The number of nitrogens with two attached hydrogens (primary N) is 1. The van der Waals surface area contributed by atoms with Crippen LogP contribution in [0.25, 0.3) is 0 Å². The average molecular weight is 313 g/mol. The lowest BCUT2D eigenvalue weighted by Gasteiger charge is -2.16. The van der Waals surface area contributed by atoms with Crippen molar-refractivity contribution in [3.05, 3.63) is 29.8 Å². The van der Waals surface area contributed by atoms with Gasteiger partial charge in [-0.2, -0.15) is 0 Å². The SMILES string of the molecule is CCOCC1(C(N)=S)CC1S(=O)(=O)c1ccc(C)cc1. The van der Waals surface area contributed by atoms with Gasteiger partial charge in [-0.25, -0.2) is 8.42 Å². The van der Waals surface area contributed by atoms with E-state index in [9.17, 15) is 8.42 Å². The molecular formula is C14H19NO3S2. The van der Waals surface area contributed by atoms with Gasteiger partial charge in [-0.1, -0.05) is 29.9 Å². The molecular weight excluding hydrogens is 294 g/mol. The van der Waals surface area contributed by atoms with Crippen LogP contribution in [0.3, 0.4) is 0 Å². The van der Waals surface area contributed by atoms with Gasteiger partial charge in [0.25, 0.3) is 0 Å². The summed E-state index contributed by atoms with van der Waals surface area (Å²) >= 11 is 5.06. The normalized spacial score (nSPS) is 25.4. The molecule has 1 fully saturated rings. The molecule has 1 aromatic carbocycles. The molecule has 2 N–H and O–H groups in total. The van der Waals surface area contributed by atoms with Gasteiger partial charge in [0.1, 0.15) is 0 Å². The predicted octanol–water partition coefficient (Wildman–Crippen LogP) is 1.85. The summed E-state index contributed by atoms with van der Waals surface area (Å²) in [4.78, 5) is 0.550. The van der Waals surface area contributed by atoms with Crippen LogP contribution in [0, 0.1) is 12.3 Å². The Labute approximate surface area is 125 Å². The molecule has 0 saturated heterocycles. The van der Waals surface area contributed by atoms with Crippen molar-refractivity contribution in [1.82, 2.24) is 0 Å². The van der Waals surface area contributed by atoms with Gasteiger partial charge >= 0.3 is 0 Å². The maximum absolute atomic E-state index is 12.6. The molecule has 0 amide bonds. The Balaban J connectivity index is 2.28. The van der Waals surface area contributed by atoms with E-state index in [1.807, 2.05) is 13.8 Å². The summed E-state index contributed by atoms with van der Waals surface area (Å²) in [5.74, 6) is 0. The van der Waals surface area contributed by atoms with Gasteiger partial charge in [-0.15, -0.1) is 0 Å². The van der Waals surface area contributed by atoms with Crippen molar-refractivity contribution in [2.24, 2.45) is 11.1 Å². The zero-order chi connectivity index (χ0) is 15.0. The first kappa shape index (κ1) is 15.4. The number of sulfone groups is 1. The summed E-state index contributed by atoms with van der Waals surface area (Å²) in [6, 6.07) is 6.85. The molecule has 110 valence electrons. The van der Waals surface area contributed by atoms with Crippen molar-refractivity contribution < 1.29 is 13.2 Å². The fourth-order valence-corrected chi connectivity index (χ4v) is 4.85. The second kappa shape index (κ2) is 5.42. The van der Waals surface area contributed by atoms with Gasteiger partial charge in [-0.05, 0) is 32.4 Å². The fraction of sp³-hybridized carbons (Fsp3) is 0.500. The van der Waals surface area contributed by atoms with E-state index in [4.69, 9.17) is 22.7 Å². The monoisotopic (exact) mass is 313 g/mol. The van der Waals surface area contributed by atoms with Gasteiger partial charge in [0.05, 0.1) is 27.2 Å². The minimum absolute atomic E-state index is 0.228. The van der Waals surface area contributed by atoms with Gasteiger partial charge in [0, 0.05) is 6.61 Å². The number of hydrogen-bond donors (Lipinski definition) is 1. The first-order valence-electron chi connectivity index (χ1n) is 6.53. The summed E-state index contributed by atoms with van der Waals surface area (Å²) in [6.45, 7) is 4.57. The van der Waals surface area contributed by atoms with Gasteiger partial charge in [-0.3, -0.25) is 0 Å². The molecule has 2 unspecified atom stereocenters. The Bertz CT molecular complexity index is 610. The predicted molar refractivity (Wildman–Crippen MR) is 82.5 cm³/mol. The number of thiocarbonyl (C=S) groups is 1. The highest BCUT2D eigenvalue weighted by Crippen LogP contribution is 2.53. The van der Waals surface area contributed by atoms with E-state index in [-0.39, 0.29) is 11.6 Å². The van der Waals surface area contributed by atoms with Crippen LogP contribution in [-0.4, -0.2) is 31.9 Å². The van der Waals surface area contributed by atoms with E-state index in [0.717, 1.165) is 5.56 Å². The summed E-state index contributed by atoms with van der Waals surface area (Å²) in [5.41, 5.74) is 6.07. The number of benzene rings is 1. The van der Waals surface area contributed by atoms with E-state index in [0.29, 0.717) is 17.9 Å². The van der Waals surface area contributed by atoms with E-state index < -0.39 is 20.5 Å². The standard InChI is InChI=1S/C14H19NO3S2/c1-3-18-9-14(13(15)19)8-12(14)20(16,17)11-6-4-10(2)5-7-11/h4-7,12H,3,8-9H2,1-2H3,(H2,15,19). The first-order chi connectivity index (χ1) is 9.34. The summed E-state index contributed by atoms with van der Waals surface area (Å²) in [7, 11) is -3.41. The largest absolute Gasteiger partial charge is 0.393 e. The number of rotatable bonds is 6. The number of aryl methyl sites for hydroxylation is 1. The summed E-state index contributed by atoms with van der Waals surface area (Å²) in [6.07, 6.45) is 0.443. The highest BCUT2D eigenvalue weighted by molar-refractivity contribution is 7.92. The highest BCUT2D eigenvalue weighted by Gasteiger charge is 2.63. The molecule has 2 rings (SSSR count). The van der Waals surface area contributed by atoms with Crippen LogP contribution >= 0.6 is 12.2 Å². The Hall–Kier alpha value is -0.980. The molecule has 20 heavy (non-hydrogen) atoms. The number of ether oxygens (including phenoxy) is 1. The quantitative estimate of drug-likeness (QED) is 0.812. The van der Waals surface area contributed by atoms with Crippen molar-refractivity contribution >= 4 is 27.0 Å². The fourth-order valence-electron chi connectivity index (χ4n) is 2.34. The Morgan fingerprint density at radius 1 is 1.45 bits per heavy atom. The Kier molecular flexibility index (Phi) is 4.18. The maximum Gasteiger partial charge on any atom is 0.182 e. The zero-order valence-corrected chi connectivity index (χ0v) is 13.3. The highest BCUT2D eigenvalue weighted by atomic mass is 32.2. The van der Waals surface area contributed by atoms with Gasteiger partial charge in [0.15, 0.2) is 9.84 Å². The lowest BCUT2D eigenvalue weighted by Crippen LogP contribution is -2.33. The van der Waals surface area contributed by atoms with Gasteiger partial charge < -0.3 is 10.5 Å². The molecule has 0 bridgehead atoms. The van der Waals surface area contributed by atoms with Crippen molar-refractivity contribution in [3.63, 3.8) is 0 Å². The molecule has 0 spiro atoms. The van der Waals surface area contributed by atoms with Crippen LogP contribution in [0.1, 0.15) is 18.9 Å². The minimum atomic E-state index is -3.41. The maximum atomic E-state index is 12.6. The van der Waals surface area contributed by atoms with E-state index in [1.165, 1.54) is 0 Å². The summed E-state index contributed by atoms with van der Waals surface area (Å²) in [5, 5.41) is -0.568. The molecule has 1 aliphatic carbocycles. The third-order valence-corrected chi connectivity index (χ3v) is 6.49. The van der Waals surface area contributed by atoms with Gasteiger partial charge in [0.2, 0.25) is 0 Å². The average Bonchev–Trinajstić information content (AvgIpc) is 3.14. The smallest absolute Gasteiger partial charge is 0.182 e. The Morgan fingerprint density at radius 3 is 2.55 bits per heavy atom. The third-order valence-electron chi connectivity index (χ3n) is 3.78. The van der Waals surface area contributed by atoms with E-state index in [1.54, 1.807) is 24.3 Å². The van der Waals surface area contributed by atoms with Crippen molar-refractivity contribution in [2.75, 3.05) is 13.2 Å². The molecule has 0 radical (unpaired) electrons. The molecule has 0 aliphatic heterocycles. The van der Waals surface area contributed by atoms with Crippen molar-refractivity contribution in [2.45, 2.75) is 30.4 Å². The molecule has 1 aromatic rings. The second-order valence-corrected chi connectivity index (χ2v) is 7.78. The topological polar surface area (TPSA) is 69.4 Å². The lowest BCUT2D eigenvalue weighted by atomic mass is 10.1. The van der Waals surface area contributed by atoms with Crippen molar-refractivity contribution in [3.8, 4) is 0 Å². The number of hydrogen-bond acceptors (Lipinski definition) is 4. The van der Waals surface area contributed by atoms with Crippen LogP contribution in [-0.2, 0) is 14.6 Å². The van der Waals surface area contributed by atoms with E-state index in [2.05, 4.69) is 0 Å². The van der Waals surface area contributed by atoms with Crippen LogP contribution in [0.4, 0.5) is 0 Å². The second-order valence-electron chi connectivity index (χ2n) is 5.21.